The quantitative estimate of drug-likeness (QED) is 0.898. The fraction of sp³-hybridized carbons (Fsp3) is 0. The lowest BCUT2D eigenvalue weighted by Gasteiger charge is -2.04. The molecule has 0 radical (unpaired) electrons. The Labute approximate surface area is 92.4 Å². The summed E-state index contributed by atoms with van der Waals surface area (Å²) in [5.41, 5.74) is 0.347. The lowest BCUT2D eigenvalue weighted by atomic mass is 10.3. The maximum Gasteiger partial charge on any atom is 0.254 e. The molecule has 14 heavy (non-hydrogen) atoms. The fourth-order valence-corrected chi connectivity index (χ4v) is 1.60. The highest BCUT2D eigenvalue weighted by molar-refractivity contribution is 7.95. The van der Waals surface area contributed by atoms with Crippen molar-refractivity contribution in [1.29, 1.82) is 0 Å². The molecule has 1 aromatic rings. The summed E-state index contributed by atoms with van der Waals surface area (Å²) in [7, 11) is -3.49. The summed E-state index contributed by atoms with van der Waals surface area (Å²) in [6.07, 6.45) is 0. The Morgan fingerprint density at radius 3 is 2.43 bits per heavy atom. The summed E-state index contributed by atoms with van der Waals surface area (Å²) in [5, 5.41) is 1.47. The third-order valence-corrected chi connectivity index (χ3v) is 3.10. The normalized spacial score (nSPS) is 11.0. The zero-order chi connectivity index (χ0) is 10.8. The van der Waals surface area contributed by atoms with Crippen LogP contribution in [0.5, 0.6) is 0 Å². The second kappa shape index (κ2) is 4.21. The van der Waals surface area contributed by atoms with Crippen LogP contribution >= 0.6 is 23.2 Å². The van der Waals surface area contributed by atoms with Crippen molar-refractivity contribution in [2.45, 2.75) is 0 Å². The first kappa shape index (κ1) is 11.4. The molecule has 0 bridgehead atoms. The van der Waals surface area contributed by atoms with Crippen molar-refractivity contribution in [2.75, 3.05) is 4.72 Å². The van der Waals surface area contributed by atoms with Gasteiger partial charge in [0.05, 0.1) is 15.7 Å². The largest absolute Gasteiger partial charge is 0.280 e. The van der Waals surface area contributed by atoms with Gasteiger partial charge >= 0.3 is 0 Å². The number of halogens is 2. The highest BCUT2D eigenvalue weighted by Crippen LogP contribution is 2.25. The Hall–Kier alpha value is -0.710. The summed E-state index contributed by atoms with van der Waals surface area (Å²) < 4.78 is 24.4. The van der Waals surface area contributed by atoms with E-state index < -0.39 is 10.0 Å². The second-order valence-electron chi connectivity index (χ2n) is 2.44. The number of anilines is 1. The SMILES string of the molecule is C=CS(=O)(=O)Nc1ccc(Cl)c(Cl)c1. The lowest BCUT2D eigenvalue weighted by Crippen LogP contribution is -2.08. The average molecular weight is 252 g/mol. The van der Waals surface area contributed by atoms with Crippen LogP contribution in [0.2, 0.25) is 10.0 Å². The molecule has 0 atom stereocenters. The van der Waals surface area contributed by atoms with Gasteiger partial charge in [0.1, 0.15) is 0 Å². The molecule has 0 heterocycles. The van der Waals surface area contributed by atoms with Gasteiger partial charge in [0.15, 0.2) is 0 Å². The molecule has 1 aromatic carbocycles. The summed E-state index contributed by atoms with van der Waals surface area (Å²) in [6, 6.07) is 4.44. The van der Waals surface area contributed by atoms with Crippen LogP contribution in [0.3, 0.4) is 0 Å². The highest BCUT2D eigenvalue weighted by atomic mass is 35.5. The number of hydrogen-bond donors (Lipinski definition) is 1. The standard InChI is InChI=1S/C8H7Cl2NO2S/c1-2-14(12,13)11-6-3-4-7(9)8(10)5-6/h2-5,11H,1H2. The van der Waals surface area contributed by atoms with Crippen LogP contribution in [0.4, 0.5) is 5.69 Å². The van der Waals surface area contributed by atoms with E-state index in [1.807, 2.05) is 0 Å². The monoisotopic (exact) mass is 251 g/mol. The third kappa shape index (κ3) is 2.90. The van der Waals surface area contributed by atoms with E-state index in [2.05, 4.69) is 11.3 Å². The minimum absolute atomic E-state index is 0.288. The van der Waals surface area contributed by atoms with E-state index in [9.17, 15) is 8.42 Å². The lowest BCUT2D eigenvalue weighted by molar-refractivity contribution is 0.609. The molecule has 0 aromatic heterocycles. The molecule has 0 aliphatic heterocycles. The van der Waals surface area contributed by atoms with Crippen molar-refractivity contribution in [3.05, 3.63) is 40.2 Å². The molecule has 3 nitrogen and oxygen atoms in total. The molecule has 0 fully saturated rings. The summed E-state index contributed by atoms with van der Waals surface area (Å²) in [5.74, 6) is 0. The van der Waals surface area contributed by atoms with Crippen molar-refractivity contribution in [3.63, 3.8) is 0 Å². The van der Waals surface area contributed by atoms with Crippen LogP contribution in [0.15, 0.2) is 30.2 Å². The molecule has 6 heteroatoms. The summed E-state index contributed by atoms with van der Waals surface area (Å²) in [4.78, 5) is 0. The molecule has 0 saturated carbocycles. The molecular formula is C8H7Cl2NO2S. The van der Waals surface area contributed by atoms with E-state index in [0.29, 0.717) is 10.7 Å². The van der Waals surface area contributed by atoms with Gasteiger partial charge in [-0.15, -0.1) is 0 Å². The zero-order valence-corrected chi connectivity index (χ0v) is 9.33. The maximum absolute atomic E-state index is 11.1. The smallest absolute Gasteiger partial charge is 0.254 e. The molecule has 0 amide bonds. The molecule has 0 unspecified atom stereocenters. The number of nitrogens with one attached hydrogen (secondary N) is 1. The Bertz CT molecular complexity index is 456. The third-order valence-electron chi connectivity index (χ3n) is 1.40. The van der Waals surface area contributed by atoms with Crippen molar-refractivity contribution in [3.8, 4) is 0 Å². The number of benzene rings is 1. The molecule has 0 aliphatic rings. The highest BCUT2D eigenvalue weighted by Gasteiger charge is 2.05. The molecule has 0 aliphatic carbocycles. The topological polar surface area (TPSA) is 46.2 Å². The Morgan fingerprint density at radius 2 is 1.93 bits per heavy atom. The van der Waals surface area contributed by atoms with Gasteiger partial charge in [-0.1, -0.05) is 29.8 Å². The van der Waals surface area contributed by atoms with Crippen LogP contribution in [-0.4, -0.2) is 8.42 Å². The van der Waals surface area contributed by atoms with Gasteiger partial charge in [0, 0.05) is 5.41 Å². The zero-order valence-electron chi connectivity index (χ0n) is 7.00. The van der Waals surface area contributed by atoms with Gasteiger partial charge < -0.3 is 0 Å². The van der Waals surface area contributed by atoms with E-state index >= 15 is 0 Å². The molecular weight excluding hydrogens is 245 g/mol. The van der Waals surface area contributed by atoms with Gasteiger partial charge in [-0.05, 0) is 18.2 Å². The van der Waals surface area contributed by atoms with Crippen molar-refractivity contribution < 1.29 is 8.42 Å². The van der Waals surface area contributed by atoms with Gasteiger partial charge in [0.2, 0.25) is 0 Å². The van der Waals surface area contributed by atoms with Gasteiger partial charge in [-0.3, -0.25) is 4.72 Å². The van der Waals surface area contributed by atoms with Gasteiger partial charge in [-0.25, -0.2) is 8.42 Å². The van der Waals surface area contributed by atoms with Crippen LogP contribution in [0, 0.1) is 0 Å². The van der Waals surface area contributed by atoms with E-state index in [1.165, 1.54) is 18.2 Å². The summed E-state index contributed by atoms with van der Waals surface area (Å²) in [6.45, 7) is 3.16. The molecule has 0 spiro atoms. The first-order valence-electron chi connectivity index (χ1n) is 3.55. The number of hydrogen-bond acceptors (Lipinski definition) is 2. The average Bonchev–Trinajstić information content (AvgIpc) is 2.11. The molecule has 76 valence electrons. The summed E-state index contributed by atoms with van der Waals surface area (Å²) >= 11 is 11.3. The first-order valence-corrected chi connectivity index (χ1v) is 5.85. The Morgan fingerprint density at radius 1 is 1.29 bits per heavy atom. The van der Waals surface area contributed by atoms with Crippen molar-refractivity contribution in [1.82, 2.24) is 0 Å². The minimum atomic E-state index is -3.49. The minimum Gasteiger partial charge on any atom is -0.280 e. The first-order chi connectivity index (χ1) is 6.44. The number of rotatable bonds is 3. The number of sulfonamides is 1. The predicted octanol–water partition coefficient (Wildman–Crippen LogP) is 2.88. The van der Waals surface area contributed by atoms with Gasteiger partial charge in [-0.2, -0.15) is 0 Å². The van der Waals surface area contributed by atoms with Crippen LogP contribution < -0.4 is 4.72 Å². The fourth-order valence-electron chi connectivity index (χ4n) is 0.766. The Kier molecular flexibility index (Phi) is 3.42. The van der Waals surface area contributed by atoms with Gasteiger partial charge in [0.25, 0.3) is 10.0 Å². The molecule has 1 rings (SSSR count). The Balaban J connectivity index is 3.00. The van der Waals surface area contributed by atoms with Crippen molar-refractivity contribution in [2.24, 2.45) is 0 Å². The predicted molar refractivity (Wildman–Crippen MR) is 59.2 cm³/mol. The second-order valence-corrected chi connectivity index (χ2v) is 4.88. The van der Waals surface area contributed by atoms with E-state index in [-0.39, 0.29) is 5.02 Å². The molecule has 1 N–H and O–H groups in total. The van der Waals surface area contributed by atoms with Crippen molar-refractivity contribution >= 4 is 38.9 Å². The van der Waals surface area contributed by atoms with Crippen LogP contribution in [-0.2, 0) is 10.0 Å². The van der Waals surface area contributed by atoms with E-state index in [0.717, 1.165) is 5.41 Å². The van der Waals surface area contributed by atoms with Crippen LogP contribution in [0.25, 0.3) is 0 Å². The van der Waals surface area contributed by atoms with E-state index in [4.69, 9.17) is 23.2 Å². The maximum atomic E-state index is 11.1. The molecule has 0 saturated heterocycles. The van der Waals surface area contributed by atoms with E-state index in [1.54, 1.807) is 0 Å². The van der Waals surface area contributed by atoms with Crippen LogP contribution in [0.1, 0.15) is 0 Å².